The van der Waals surface area contributed by atoms with Gasteiger partial charge in [-0.25, -0.2) is 0 Å². The molecule has 1 unspecified atom stereocenters. The monoisotopic (exact) mass is 235 g/mol. The van der Waals surface area contributed by atoms with Crippen LogP contribution in [-0.2, 0) is 0 Å². The Hall–Kier alpha value is -1.03. The van der Waals surface area contributed by atoms with E-state index in [2.05, 4.69) is 4.99 Å². The summed E-state index contributed by atoms with van der Waals surface area (Å²) >= 11 is 5.03. The smallest absolute Gasteiger partial charge is 0.261 e. The van der Waals surface area contributed by atoms with Crippen LogP contribution in [0.3, 0.4) is 0 Å². The molecule has 0 saturated carbocycles. The number of nitrogens with zero attached hydrogens (tertiary/aromatic N) is 1. The van der Waals surface area contributed by atoms with Gasteiger partial charge in [0, 0.05) is 0 Å². The van der Waals surface area contributed by atoms with Crippen molar-refractivity contribution in [3.63, 3.8) is 0 Å². The summed E-state index contributed by atoms with van der Waals surface area (Å²) in [5.74, 6) is 0. The van der Waals surface area contributed by atoms with Gasteiger partial charge in [0.05, 0.1) is 6.04 Å². The summed E-state index contributed by atoms with van der Waals surface area (Å²) < 4.78 is 36.2. The van der Waals surface area contributed by atoms with Crippen molar-refractivity contribution in [1.82, 2.24) is 0 Å². The van der Waals surface area contributed by atoms with Gasteiger partial charge in [-0.2, -0.15) is 13.2 Å². The van der Waals surface area contributed by atoms with Crippen molar-refractivity contribution in [2.24, 2.45) is 4.99 Å². The van der Waals surface area contributed by atoms with Gasteiger partial charge in [0.2, 0.25) is 5.17 Å². The third kappa shape index (κ3) is 3.55. The van der Waals surface area contributed by atoms with Crippen molar-refractivity contribution < 1.29 is 13.2 Å². The minimum Gasteiger partial charge on any atom is -0.261 e. The first-order valence-corrected chi connectivity index (χ1v) is 4.64. The van der Waals surface area contributed by atoms with Gasteiger partial charge in [-0.05, 0) is 12.5 Å². The van der Waals surface area contributed by atoms with E-state index in [0.29, 0.717) is 5.56 Å². The van der Waals surface area contributed by atoms with E-state index >= 15 is 0 Å². The third-order valence-electron chi connectivity index (χ3n) is 1.82. The SMILES string of the molecule is CC(N=C(Cl)C(F)(F)F)c1ccccc1. The highest BCUT2D eigenvalue weighted by molar-refractivity contribution is 6.66. The first-order chi connectivity index (χ1) is 6.91. The summed E-state index contributed by atoms with van der Waals surface area (Å²) in [5, 5.41) is -1.32. The summed E-state index contributed by atoms with van der Waals surface area (Å²) in [4.78, 5) is 3.38. The van der Waals surface area contributed by atoms with Gasteiger partial charge in [0.15, 0.2) is 0 Å². The second kappa shape index (κ2) is 4.66. The molecule has 5 heteroatoms. The Morgan fingerprint density at radius 3 is 2.27 bits per heavy atom. The van der Waals surface area contributed by atoms with Crippen LogP contribution in [0.15, 0.2) is 35.3 Å². The molecule has 0 spiro atoms. The van der Waals surface area contributed by atoms with Gasteiger partial charge in [0.25, 0.3) is 0 Å². The Balaban J connectivity index is 2.84. The quantitative estimate of drug-likeness (QED) is 0.689. The predicted molar refractivity (Wildman–Crippen MR) is 54.2 cm³/mol. The van der Waals surface area contributed by atoms with Crippen LogP contribution >= 0.6 is 11.6 Å². The van der Waals surface area contributed by atoms with Gasteiger partial charge in [-0.3, -0.25) is 4.99 Å². The maximum absolute atomic E-state index is 12.1. The highest BCUT2D eigenvalue weighted by atomic mass is 35.5. The van der Waals surface area contributed by atoms with Crippen LogP contribution in [0, 0.1) is 0 Å². The van der Waals surface area contributed by atoms with Crippen molar-refractivity contribution in [3.8, 4) is 0 Å². The Labute approximate surface area is 90.6 Å². The molecule has 0 radical (unpaired) electrons. The molecular weight excluding hydrogens is 227 g/mol. The number of benzene rings is 1. The molecule has 1 rings (SSSR count). The molecule has 0 amide bonds. The average Bonchev–Trinajstić information content (AvgIpc) is 2.17. The van der Waals surface area contributed by atoms with Crippen molar-refractivity contribution >= 4 is 16.8 Å². The molecule has 1 aromatic rings. The van der Waals surface area contributed by atoms with Crippen LogP contribution in [0.2, 0.25) is 0 Å². The average molecular weight is 236 g/mol. The van der Waals surface area contributed by atoms with Crippen LogP contribution in [0.5, 0.6) is 0 Å². The molecule has 0 heterocycles. The third-order valence-corrected chi connectivity index (χ3v) is 2.13. The zero-order valence-corrected chi connectivity index (χ0v) is 8.68. The van der Waals surface area contributed by atoms with Crippen LogP contribution < -0.4 is 0 Å². The largest absolute Gasteiger partial charge is 0.444 e. The molecule has 0 fully saturated rings. The Morgan fingerprint density at radius 1 is 1.27 bits per heavy atom. The lowest BCUT2D eigenvalue weighted by molar-refractivity contribution is -0.0562. The van der Waals surface area contributed by atoms with E-state index < -0.39 is 17.4 Å². The second-order valence-electron chi connectivity index (χ2n) is 3.00. The number of alkyl halides is 3. The molecule has 0 saturated heterocycles. The molecule has 0 aliphatic rings. The van der Waals surface area contributed by atoms with Crippen LogP contribution in [0.25, 0.3) is 0 Å². The number of hydrogen-bond acceptors (Lipinski definition) is 1. The van der Waals surface area contributed by atoms with Gasteiger partial charge in [-0.15, -0.1) is 0 Å². The lowest BCUT2D eigenvalue weighted by Crippen LogP contribution is -2.17. The zero-order chi connectivity index (χ0) is 11.5. The fourth-order valence-electron chi connectivity index (χ4n) is 1.05. The summed E-state index contributed by atoms with van der Waals surface area (Å²) in [7, 11) is 0. The van der Waals surface area contributed by atoms with E-state index in [-0.39, 0.29) is 0 Å². The van der Waals surface area contributed by atoms with Crippen molar-refractivity contribution in [1.29, 1.82) is 0 Å². The molecular formula is C10H9ClF3N. The molecule has 1 atom stereocenters. The number of aliphatic imine (C=N–C) groups is 1. The summed E-state index contributed by atoms with van der Waals surface area (Å²) in [6.07, 6.45) is -4.56. The number of hydrogen-bond donors (Lipinski definition) is 0. The molecule has 0 aliphatic heterocycles. The molecule has 15 heavy (non-hydrogen) atoms. The lowest BCUT2D eigenvalue weighted by Gasteiger charge is -2.09. The normalized spacial score (nSPS) is 15.1. The van der Waals surface area contributed by atoms with Crippen LogP contribution in [0.1, 0.15) is 18.5 Å². The first kappa shape index (κ1) is 12.0. The molecule has 1 nitrogen and oxygen atoms in total. The van der Waals surface area contributed by atoms with Gasteiger partial charge in [0.1, 0.15) is 0 Å². The molecule has 1 aromatic carbocycles. The zero-order valence-electron chi connectivity index (χ0n) is 7.92. The fraction of sp³-hybridized carbons (Fsp3) is 0.300. The minimum absolute atomic E-state index is 0.597. The van der Waals surface area contributed by atoms with Gasteiger partial charge >= 0.3 is 6.18 Å². The van der Waals surface area contributed by atoms with Crippen molar-refractivity contribution in [2.45, 2.75) is 19.1 Å². The van der Waals surface area contributed by atoms with Crippen LogP contribution in [0.4, 0.5) is 13.2 Å². The van der Waals surface area contributed by atoms with Gasteiger partial charge < -0.3 is 0 Å². The van der Waals surface area contributed by atoms with E-state index in [9.17, 15) is 13.2 Å². The summed E-state index contributed by atoms with van der Waals surface area (Å²) in [5.41, 5.74) is 0.694. The van der Waals surface area contributed by atoms with Crippen LogP contribution in [-0.4, -0.2) is 11.3 Å². The Kier molecular flexibility index (Phi) is 3.74. The van der Waals surface area contributed by atoms with E-state index in [1.54, 1.807) is 37.3 Å². The molecule has 0 bridgehead atoms. The predicted octanol–water partition coefficient (Wildman–Crippen LogP) is 3.95. The standard InChI is InChI=1S/C10H9ClF3N/c1-7(8-5-3-2-4-6-8)15-9(11)10(12,13)14/h2-7H,1H3. The minimum atomic E-state index is -4.56. The molecule has 82 valence electrons. The van der Waals surface area contributed by atoms with E-state index in [4.69, 9.17) is 11.6 Å². The first-order valence-electron chi connectivity index (χ1n) is 4.26. The maximum atomic E-state index is 12.1. The Bertz CT molecular complexity index is 345. The Morgan fingerprint density at radius 2 is 1.80 bits per heavy atom. The highest BCUT2D eigenvalue weighted by Gasteiger charge is 2.34. The number of rotatable bonds is 2. The van der Waals surface area contributed by atoms with Gasteiger partial charge in [-0.1, -0.05) is 41.9 Å². The topological polar surface area (TPSA) is 12.4 Å². The highest BCUT2D eigenvalue weighted by Crippen LogP contribution is 2.24. The van der Waals surface area contributed by atoms with E-state index in [1.165, 1.54) is 0 Å². The number of halogens is 4. The summed E-state index contributed by atoms with van der Waals surface area (Å²) in [6.45, 7) is 1.56. The lowest BCUT2D eigenvalue weighted by atomic mass is 10.1. The molecule has 0 aliphatic carbocycles. The summed E-state index contributed by atoms with van der Waals surface area (Å²) in [6, 6.07) is 8.07. The molecule has 0 N–H and O–H groups in total. The van der Waals surface area contributed by atoms with Crippen molar-refractivity contribution in [3.05, 3.63) is 35.9 Å². The van der Waals surface area contributed by atoms with E-state index in [1.807, 2.05) is 0 Å². The maximum Gasteiger partial charge on any atom is 0.444 e. The second-order valence-corrected chi connectivity index (χ2v) is 3.36. The van der Waals surface area contributed by atoms with E-state index in [0.717, 1.165) is 0 Å². The fourth-order valence-corrected chi connectivity index (χ4v) is 1.20. The molecule has 0 aromatic heterocycles. The van der Waals surface area contributed by atoms with Crippen molar-refractivity contribution in [2.75, 3.05) is 0 Å².